The van der Waals surface area contributed by atoms with E-state index in [4.69, 9.17) is 4.74 Å². The van der Waals surface area contributed by atoms with Gasteiger partial charge in [-0.25, -0.2) is 0 Å². The highest BCUT2D eigenvalue weighted by atomic mass is 19.4. The molecule has 0 spiro atoms. The van der Waals surface area contributed by atoms with Crippen LogP contribution >= 0.6 is 0 Å². The molecule has 1 aromatic heterocycles. The molecule has 2 aromatic carbocycles. The van der Waals surface area contributed by atoms with Crippen molar-refractivity contribution in [3.8, 4) is 22.6 Å². The van der Waals surface area contributed by atoms with Crippen molar-refractivity contribution in [3.05, 3.63) is 59.9 Å². The normalized spacial score (nSPS) is 13.7. The molecule has 0 radical (unpaired) electrons. The van der Waals surface area contributed by atoms with Crippen molar-refractivity contribution >= 4 is 11.6 Å². The Kier molecular flexibility index (Phi) is 4.58. The molecule has 4 rings (SSSR count). The average molecular weight is 417 g/mol. The van der Waals surface area contributed by atoms with Gasteiger partial charge in [0.15, 0.2) is 5.75 Å². The van der Waals surface area contributed by atoms with Crippen LogP contribution in [-0.4, -0.2) is 26.4 Å². The van der Waals surface area contributed by atoms with Crippen LogP contribution in [0.25, 0.3) is 11.1 Å². The zero-order valence-electron chi connectivity index (χ0n) is 16.1. The summed E-state index contributed by atoms with van der Waals surface area (Å²) in [5, 5.41) is 16.6. The number of halogens is 3. The topological polar surface area (TPSA) is 76.4 Å². The lowest BCUT2D eigenvalue weighted by Gasteiger charge is -2.16. The van der Waals surface area contributed by atoms with Gasteiger partial charge in [-0.15, -0.1) is 0 Å². The maximum atomic E-state index is 13.0. The molecule has 0 atom stereocenters. The van der Waals surface area contributed by atoms with E-state index in [1.807, 2.05) is 0 Å². The summed E-state index contributed by atoms with van der Waals surface area (Å²) in [6.45, 7) is 3.62. The Morgan fingerprint density at radius 3 is 2.53 bits per heavy atom. The molecule has 0 fully saturated rings. The smallest absolute Gasteiger partial charge is 0.416 e. The zero-order valence-corrected chi connectivity index (χ0v) is 16.1. The highest BCUT2D eigenvalue weighted by Gasteiger charge is 2.32. The lowest BCUT2D eigenvalue weighted by molar-refractivity contribution is -0.137. The Bertz CT molecular complexity index is 1130. The third-order valence-corrected chi connectivity index (χ3v) is 4.51. The summed E-state index contributed by atoms with van der Waals surface area (Å²) in [6, 6.07) is 7.84. The SMILES string of the molecule is CC(C)(O)Cn1cc(-c2ccc3c(c2)C(=O)Nc2cc(C(F)(F)F)ccc2O3)cn1. The van der Waals surface area contributed by atoms with Crippen molar-refractivity contribution in [1.82, 2.24) is 9.78 Å². The summed E-state index contributed by atoms with van der Waals surface area (Å²) in [6.07, 6.45) is -1.19. The zero-order chi connectivity index (χ0) is 21.7. The molecule has 1 amide bonds. The van der Waals surface area contributed by atoms with E-state index in [1.54, 1.807) is 49.1 Å². The standard InChI is InChI=1S/C21H18F3N3O3/c1-20(2,29)11-27-10-13(9-25-27)12-3-5-17-15(7-12)19(28)26-16-8-14(21(22,23)24)4-6-18(16)30-17/h3-10,29H,11H2,1-2H3,(H,26,28). The number of hydrogen-bond acceptors (Lipinski definition) is 4. The maximum absolute atomic E-state index is 13.0. The largest absolute Gasteiger partial charge is 0.454 e. The van der Waals surface area contributed by atoms with Gasteiger partial charge in [-0.2, -0.15) is 18.3 Å². The Labute approximate surface area is 169 Å². The number of aliphatic hydroxyl groups is 1. The monoisotopic (exact) mass is 417 g/mol. The minimum absolute atomic E-state index is 0.0504. The molecule has 2 N–H and O–H groups in total. The van der Waals surface area contributed by atoms with Gasteiger partial charge >= 0.3 is 6.18 Å². The molecule has 0 bridgehead atoms. The van der Waals surface area contributed by atoms with Crippen molar-refractivity contribution in [2.75, 3.05) is 5.32 Å². The van der Waals surface area contributed by atoms with Crippen LogP contribution in [0.15, 0.2) is 48.8 Å². The second-order valence-electron chi connectivity index (χ2n) is 7.71. The van der Waals surface area contributed by atoms with Crippen LogP contribution in [-0.2, 0) is 12.7 Å². The number of nitrogens with zero attached hydrogens (tertiary/aromatic N) is 2. The summed E-state index contributed by atoms with van der Waals surface area (Å²) in [5.74, 6) is -0.215. The molecular formula is C21H18F3N3O3. The van der Waals surface area contributed by atoms with E-state index >= 15 is 0 Å². The van der Waals surface area contributed by atoms with Gasteiger partial charge in [0.05, 0.1) is 35.2 Å². The molecular weight excluding hydrogens is 399 g/mol. The first kappa shape index (κ1) is 20.0. The number of aromatic nitrogens is 2. The summed E-state index contributed by atoms with van der Waals surface area (Å²) in [7, 11) is 0. The molecule has 1 aliphatic rings. The van der Waals surface area contributed by atoms with Crippen LogP contribution in [0.4, 0.5) is 18.9 Å². The first-order valence-electron chi connectivity index (χ1n) is 9.09. The number of fused-ring (bicyclic) bond motifs is 2. The van der Waals surface area contributed by atoms with Gasteiger partial charge < -0.3 is 15.2 Å². The highest BCUT2D eigenvalue weighted by Crippen LogP contribution is 2.40. The number of carbonyl (C=O) groups excluding carboxylic acids is 1. The molecule has 6 nitrogen and oxygen atoms in total. The molecule has 0 saturated carbocycles. The second-order valence-corrected chi connectivity index (χ2v) is 7.71. The lowest BCUT2D eigenvalue weighted by atomic mass is 10.0. The molecule has 0 aliphatic carbocycles. The number of amides is 1. The summed E-state index contributed by atoms with van der Waals surface area (Å²) in [5.41, 5.74) is -0.285. The molecule has 0 unspecified atom stereocenters. The number of benzene rings is 2. The maximum Gasteiger partial charge on any atom is 0.416 e. The molecule has 1 aliphatic heterocycles. The third kappa shape index (κ3) is 4.02. The second kappa shape index (κ2) is 6.88. The van der Waals surface area contributed by atoms with Crippen molar-refractivity contribution < 1.29 is 27.8 Å². The van der Waals surface area contributed by atoms with Crippen LogP contribution in [0.5, 0.6) is 11.5 Å². The van der Waals surface area contributed by atoms with Gasteiger partial charge in [0.2, 0.25) is 0 Å². The van der Waals surface area contributed by atoms with Crippen LogP contribution in [0.1, 0.15) is 29.8 Å². The van der Waals surface area contributed by atoms with Crippen LogP contribution in [0.3, 0.4) is 0 Å². The predicted molar refractivity (Wildman–Crippen MR) is 103 cm³/mol. The Morgan fingerprint density at radius 1 is 1.10 bits per heavy atom. The Balaban J connectivity index is 1.66. The number of ether oxygens (including phenoxy) is 1. The van der Waals surface area contributed by atoms with Crippen molar-refractivity contribution in [1.29, 1.82) is 0 Å². The van der Waals surface area contributed by atoms with Crippen LogP contribution in [0.2, 0.25) is 0 Å². The molecule has 0 saturated heterocycles. The van der Waals surface area contributed by atoms with E-state index in [9.17, 15) is 23.1 Å². The van der Waals surface area contributed by atoms with E-state index in [0.717, 1.165) is 17.7 Å². The summed E-state index contributed by atoms with van der Waals surface area (Å²) >= 11 is 0. The quantitative estimate of drug-likeness (QED) is 0.648. The average Bonchev–Trinajstić information content (AvgIpc) is 3.03. The van der Waals surface area contributed by atoms with Crippen LogP contribution in [0, 0.1) is 0 Å². The number of alkyl halides is 3. The fourth-order valence-electron chi connectivity index (χ4n) is 3.17. The number of anilines is 1. The van der Waals surface area contributed by atoms with Gasteiger partial charge in [-0.3, -0.25) is 9.48 Å². The van der Waals surface area contributed by atoms with Crippen LogP contribution < -0.4 is 10.1 Å². The van der Waals surface area contributed by atoms with E-state index in [-0.39, 0.29) is 22.7 Å². The van der Waals surface area contributed by atoms with E-state index in [2.05, 4.69) is 10.4 Å². The fourth-order valence-corrected chi connectivity index (χ4v) is 3.17. The van der Waals surface area contributed by atoms with Gasteiger partial charge in [0, 0.05) is 11.8 Å². The molecule has 156 valence electrons. The molecule has 30 heavy (non-hydrogen) atoms. The highest BCUT2D eigenvalue weighted by molar-refractivity contribution is 6.08. The minimum atomic E-state index is -4.53. The fraction of sp³-hybridized carbons (Fsp3) is 0.238. The van der Waals surface area contributed by atoms with Crippen molar-refractivity contribution in [2.24, 2.45) is 0 Å². The first-order chi connectivity index (χ1) is 14.0. The number of hydrogen-bond donors (Lipinski definition) is 2. The van der Waals surface area contributed by atoms with E-state index in [1.165, 1.54) is 6.07 Å². The lowest BCUT2D eigenvalue weighted by Crippen LogP contribution is -2.26. The Morgan fingerprint density at radius 2 is 1.83 bits per heavy atom. The van der Waals surface area contributed by atoms with E-state index < -0.39 is 23.2 Å². The molecule has 3 aromatic rings. The Hall–Kier alpha value is -3.33. The van der Waals surface area contributed by atoms with Gasteiger partial charge in [0.1, 0.15) is 5.75 Å². The number of nitrogens with one attached hydrogen (secondary N) is 1. The van der Waals surface area contributed by atoms with Gasteiger partial charge in [-0.05, 0) is 49.7 Å². The summed E-state index contributed by atoms with van der Waals surface area (Å²) < 4.78 is 46.3. The van der Waals surface area contributed by atoms with E-state index in [0.29, 0.717) is 12.1 Å². The predicted octanol–water partition coefficient (Wildman–Crippen LogP) is 4.70. The molecule has 2 heterocycles. The number of carbonyl (C=O) groups is 1. The summed E-state index contributed by atoms with van der Waals surface area (Å²) in [4.78, 5) is 12.7. The number of rotatable bonds is 3. The van der Waals surface area contributed by atoms with Crippen molar-refractivity contribution in [2.45, 2.75) is 32.2 Å². The first-order valence-corrected chi connectivity index (χ1v) is 9.09. The third-order valence-electron chi connectivity index (χ3n) is 4.51. The minimum Gasteiger partial charge on any atom is -0.454 e. The van der Waals surface area contributed by atoms with Gasteiger partial charge in [0.25, 0.3) is 5.91 Å². The molecule has 9 heteroatoms. The van der Waals surface area contributed by atoms with Crippen molar-refractivity contribution in [3.63, 3.8) is 0 Å². The van der Waals surface area contributed by atoms with Gasteiger partial charge in [-0.1, -0.05) is 6.07 Å².